The molecule has 34 heavy (non-hydrogen) atoms. The van der Waals surface area contributed by atoms with Gasteiger partial charge in [-0.2, -0.15) is 5.10 Å². The van der Waals surface area contributed by atoms with Crippen LogP contribution in [0.3, 0.4) is 0 Å². The van der Waals surface area contributed by atoms with Crippen molar-refractivity contribution in [1.29, 1.82) is 0 Å². The number of rotatable bonds is 5. The van der Waals surface area contributed by atoms with Gasteiger partial charge in [0.05, 0.1) is 33.4 Å². The highest BCUT2D eigenvalue weighted by molar-refractivity contribution is 7.93. The van der Waals surface area contributed by atoms with Gasteiger partial charge in [0.2, 0.25) is 0 Å². The Morgan fingerprint density at radius 3 is 2.41 bits per heavy atom. The van der Waals surface area contributed by atoms with Crippen LogP contribution in [0.2, 0.25) is 10.0 Å². The number of amides is 1. The zero-order valence-electron chi connectivity index (χ0n) is 17.6. The first-order chi connectivity index (χ1) is 16.3. The van der Waals surface area contributed by atoms with Gasteiger partial charge in [0.25, 0.3) is 15.9 Å². The predicted octanol–water partition coefficient (Wildman–Crippen LogP) is 5.62. The molecule has 4 aromatic carbocycles. The first kappa shape index (κ1) is 22.4. The van der Waals surface area contributed by atoms with Gasteiger partial charge in [-0.1, -0.05) is 65.7 Å². The van der Waals surface area contributed by atoms with Crippen LogP contribution in [0.25, 0.3) is 10.8 Å². The molecule has 5 rings (SSSR count). The maximum atomic E-state index is 13.1. The summed E-state index contributed by atoms with van der Waals surface area (Å²) in [7, 11) is -3.65. The number of benzene rings is 4. The molecule has 0 saturated carbocycles. The molecule has 1 amide bonds. The number of halogens is 2. The van der Waals surface area contributed by atoms with Crippen LogP contribution in [0, 0.1) is 0 Å². The van der Waals surface area contributed by atoms with Crippen molar-refractivity contribution in [1.82, 2.24) is 5.43 Å². The van der Waals surface area contributed by atoms with Gasteiger partial charge >= 0.3 is 0 Å². The van der Waals surface area contributed by atoms with Crippen molar-refractivity contribution < 1.29 is 13.2 Å². The Morgan fingerprint density at radius 2 is 1.68 bits per heavy atom. The molecule has 4 aromatic rings. The summed E-state index contributed by atoms with van der Waals surface area (Å²) in [6, 6.07) is 22.6. The molecule has 1 N–H and O–H groups in total. The van der Waals surface area contributed by atoms with Crippen LogP contribution >= 0.6 is 23.2 Å². The molecular formula is C25H17Cl2N3O3S. The highest BCUT2D eigenvalue weighted by Crippen LogP contribution is 2.42. The van der Waals surface area contributed by atoms with Gasteiger partial charge in [0.1, 0.15) is 0 Å². The van der Waals surface area contributed by atoms with Gasteiger partial charge in [-0.15, -0.1) is 0 Å². The molecule has 1 aliphatic rings. The molecular weight excluding hydrogens is 493 g/mol. The second-order valence-corrected chi connectivity index (χ2v) is 10.4. The van der Waals surface area contributed by atoms with Crippen LogP contribution in [-0.2, 0) is 16.6 Å². The molecule has 9 heteroatoms. The van der Waals surface area contributed by atoms with Crippen LogP contribution in [0.15, 0.2) is 88.9 Å². The number of nitrogens with zero attached hydrogens (tertiary/aromatic N) is 2. The van der Waals surface area contributed by atoms with Crippen molar-refractivity contribution in [3.8, 4) is 0 Å². The molecule has 0 bridgehead atoms. The molecule has 0 radical (unpaired) electrons. The molecule has 0 saturated heterocycles. The van der Waals surface area contributed by atoms with Gasteiger partial charge in [0, 0.05) is 10.9 Å². The fourth-order valence-corrected chi connectivity index (χ4v) is 5.88. The molecule has 0 spiro atoms. The Bertz CT molecular complexity index is 1560. The molecule has 0 aliphatic carbocycles. The molecule has 1 heterocycles. The summed E-state index contributed by atoms with van der Waals surface area (Å²) < 4.78 is 27.7. The molecule has 1 aliphatic heterocycles. The normalized spacial score (nSPS) is 14.1. The highest BCUT2D eigenvalue weighted by Gasteiger charge is 2.35. The topological polar surface area (TPSA) is 78.8 Å². The van der Waals surface area contributed by atoms with E-state index in [-0.39, 0.29) is 6.54 Å². The zero-order chi connectivity index (χ0) is 23.9. The van der Waals surface area contributed by atoms with E-state index in [4.69, 9.17) is 23.2 Å². The molecule has 0 fully saturated rings. The number of hydrogen-bond acceptors (Lipinski definition) is 4. The van der Waals surface area contributed by atoms with E-state index >= 15 is 0 Å². The predicted molar refractivity (Wildman–Crippen MR) is 135 cm³/mol. The maximum absolute atomic E-state index is 13.1. The first-order valence-electron chi connectivity index (χ1n) is 10.3. The van der Waals surface area contributed by atoms with E-state index in [2.05, 4.69) is 10.5 Å². The van der Waals surface area contributed by atoms with Crippen LogP contribution in [0.1, 0.15) is 21.5 Å². The molecule has 6 nitrogen and oxygen atoms in total. The second kappa shape index (κ2) is 8.76. The minimum absolute atomic E-state index is 0.160. The molecule has 0 unspecified atom stereocenters. The van der Waals surface area contributed by atoms with E-state index in [1.807, 2.05) is 24.3 Å². The Morgan fingerprint density at radius 1 is 0.941 bits per heavy atom. The van der Waals surface area contributed by atoms with Gasteiger partial charge in [-0.25, -0.2) is 13.8 Å². The summed E-state index contributed by atoms with van der Waals surface area (Å²) >= 11 is 11.9. The Balaban J connectivity index is 1.30. The summed E-state index contributed by atoms with van der Waals surface area (Å²) in [6.45, 7) is 0.160. The van der Waals surface area contributed by atoms with Crippen LogP contribution < -0.4 is 9.73 Å². The minimum atomic E-state index is -3.65. The summed E-state index contributed by atoms with van der Waals surface area (Å²) in [5.74, 6) is -0.395. The Hall–Kier alpha value is -3.39. The second-order valence-electron chi connectivity index (χ2n) is 7.71. The van der Waals surface area contributed by atoms with Gasteiger partial charge in [0.15, 0.2) is 0 Å². The smallest absolute Gasteiger partial charge is 0.267 e. The minimum Gasteiger partial charge on any atom is -0.267 e. The van der Waals surface area contributed by atoms with E-state index in [9.17, 15) is 13.2 Å². The summed E-state index contributed by atoms with van der Waals surface area (Å²) in [4.78, 5) is 12.7. The van der Waals surface area contributed by atoms with Crippen LogP contribution in [0.5, 0.6) is 0 Å². The average molecular weight is 510 g/mol. The van der Waals surface area contributed by atoms with Gasteiger partial charge in [-0.05, 0) is 52.9 Å². The largest absolute Gasteiger partial charge is 0.271 e. The van der Waals surface area contributed by atoms with Crippen molar-refractivity contribution in [2.24, 2.45) is 5.10 Å². The number of hydrogen-bond donors (Lipinski definition) is 1. The summed E-state index contributed by atoms with van der Waals surface area (Å²) in [6.07, 6.45) is 1.46. The zero-order valence-corrected chi connectivity index (χ0v) is 19.9. The summed E-state index contributed by atoms with van der Waals surface area (Å²) in [5.41, 5.74) is 4.95. The molecule has 170 valence electrons. The third-order valence-electron chi connectivity index (χ3n) is 5.55. The average Bonchev–Trinajstić information content (AvgIpc) is 3.05. The number of hydrazone groups is 1. The van der Waals surface area contributed by atoms with Crippen molar-refractivity contribution in [2.75, 3.05) is 4.31 Å². The van der Waals surface area contributed by atoms with Crippen molar-refractivity contribution in [3.63, 3.8) is 0 Å². The lowest BCUT2D eigenvalue weighted by atomic mass is 10.1. The Labute approximate surface area is 206 Å². The summed E-state index contributed by atoms with van der Waals surface area (Å²) in [5, 5.41) is 6.40. The SMILES string of the molecule is O=C(NN=Cc1ccc(Cl)c(Cl)c1)c1ccc(CN2c3cccc4cccc(c34)S2(=O)=O)cc1. The van der Waals surface area contributed by atoms with Crippen molar-refractivity contribution in [2.45, 2.75) is 11.4 Å². The standard InChI is InChI=1S/C25H17Cl2N3O3S/c26-20-12-9-17(13-21(20)27)14-28-29-25(31)19-10-7-16(8-11-19)15-30-22-5-1-3-18-4-2-6-23(24(18)22)34(30,32)33/h1-14H,15H2,(H,29,31). The number of carbonyl (C=O) groups excluding carboxylic acids is 1. The van der Waals surface area contributed by atoms with Crippen LogP contribution in [-0.4, -0.2) is 20.5 Å². The Kier molecular flexibility index (Phi) is 5.77. The maximum Gasteiger partial charge on any atom is 0.271 e. The monoisotopic (exact) mass is 509 g/mol. The number of sulfonamides is 1. The van der Waals surface area contributed by atoms with E-state index in [1.165, 1.54) is 10.5 Å². The number of carbonyl (C=O) groups is 1. The molecule has 0 atom stereocenters. The van der Waals surface area contributed by atoms with Crippen molar-refractivity contribution in [3.05, 3.63) is 106 Å². The third kappa shape index (κ3) is 4.03. The van der Waals surface area contributed by atoms with E-state index in [0.717, 1.165) is 16.3 Å². The quantitative estimate of drug-likeness (QED) is 0.280. The number of anilines is 1. The van der Waals surface area contributed by atoms with Gasteiger partial charge in [-0.3, -0.25) is 9.10 Å². The number of nitrogens with one attached hydrogen (secondary N) is 1. The molecule has 0 aromatic heterocycles. The first-order valence-corrected chi connectivity index (χ1v) is 12.5. The fraction of sp³-hybridized carbons (Fsp3) is 0.0400. The fourth-order valence-electron chi connectivity index (χ4n) is 3.88. The van der Waals surface area contributed by atoms with E-state index < -0.39 is 15.9 Å². The van der Waals surface area contributed by atoms with E-state index in [1.54, 1.807) is 54.6 Å². The lowest BCUT2D eigenvalue weighted by Crippen LogP contribution is -2.26. The van der Waals surface area contributed by atoms with Gasteiger partial charge < -0.3 is 0 Å². The van der Waals surface area contributed by atoms with E-state index in [0.29, 0.717) is 31.8 Å². The van der Waals surface area contributed by atoms with Crippen LogP contribution in [0.4, 0.5) is 5.69 Å². The highest BCUT2D eigenvalue weighted by atomic mass is 35.5. The lowest BCUT2D eigenvalue weighted by molar-refractivity contribution is 0.0955. The lowest BCUT2D eigenvalue weighted by Gasteiger charge is -2.19. The third-order valence-corrected chi connectivity index (χ3v) is 8.09. The van der Waals surface area contributed by atoms with Crippen molar-refractivity contribution >= 4 is 61.8 Å².